The molecule has 1 fully saturated rings. The van der Waals surface area contributed by atoms with Crippen LogP contribution in [0.1, 0.15) is 31.8 Å². The van der Waals surface area contributed by atoms with Crippen molar-refractivity contribution in [2.75, 3.05) is 37.6 Å². The van der Waals surface area contributed by atoms with E-state index in [0.29, 0.717) is 67.1 Å². The normalized spacial score (nSPS) is 16.2. The Hall–Kier alpha value is -3.65. The number of anilines is 1. The van der Waals surface area contributed by atoms with Crippen molar-refractivity contribution < 1.29 is 22.8 Å². The molecular weight excluding hydrogens is 455 g/mol. The van der Waals surface area contributed by atoms with Crippen LogP contribution in [-0.4, -0.2) is 54.3 Å². The summed E-state index contributed by atoms with van der Waals surface area (Å²) in [5.74, 6) is -1.95. The second-order valence-electron chi connectivity index (χ2n) is 8.84. The molecule has 35 heavy (non-hydrogen) atoms. The Morgan fingerprint density at radius 1 is 0.771 bits per heavy atom. The number of carbonyl (C=O) groups excluding carboxylic acids is 2. The number of piperazine rings is 1. The highest BCUT2D eigenvalue weighted by molar-refractivity contribution is 6.23. The van der Waals surface area contributed by atoms with Crippen molar-refractivity contribution in [3.05, 3.63) is 100 Å². The van der Waals surface area contributed by atoms with E-state index in [-0.39, 0.29) is 24.2 Å². The van der Waals surface area contributed by atoms with E-state index in [1.165, 1.54) is 23.1 Å². The van der Waals surface area contributed by atoms with Crippen molar-refractivity contribution in [1.29, 1.82) is 0 Å². The summed E-state index contributed by atoms with van der Waals surface area (Å²) in [7, 11) is 0. The fraction of sp³-hybridized carbons (Fsp3) is 0.259. The van der Waals surface area contributed by atoms with E-state index in [1.54, 1.807) is 24.3 Å². The molecule has 2 heterocycles. The van der Waals surface area contributed by atoms with Gasteiger partial charge in [0.2, 0.25) is 0 Å². The highest BCUT2D eigenvalue weighted by Gasteiger charge is 2.38. The smallest absolute Gasteiger partial charge is 0.263 e. The number of halogens is 3. The molecule has 2 amide bonds. The lowest BCUT2D eigenvalue weighted by Crippen LogP contribution is -2.46. The molecule has 2 aliphatic rings. The van der Waals surface area contributed by atoms with E-state index in [2.05, 4.69) is 4.90 Å². The van der Waals surface area contributed by atoms with Gasteiger partial charge in [0.1, 0.15) is 17.5 Å². The van der Waals surface area contributed by atoms with Gasteiger partial charge in [-0.3, -0.25) is 19.4 Å². The number of benzene rings is 3. The van der Waals surface area contributed by atoms with Crippen LogP contribution >= 0.6 is 0 Å². The fourth-order valence-electron chi connectivity index (χ4n) is 4.77. The summed E-state index contributed by atoms with van der Waals surface area (Å²) in [5, 5.41) is 0. The Balaban J connectivity index is 1.27. The molecule has 0 atom stereocenters. The molecule has 0 N–H and O–H groups in total. The van der Waals surface area contributed by atoms with Gasteiger partial charge in [0, 0.05) is 44.8 Å². The Labute approximate surface area is 201 Å². The van der Waals surface area contributed by atoms with Crippen molar-refractivity contribution in [2.24, 2.45) is 0 Å². The third-order valence-corrected chi connectivity index (χ3v) is 6.60. The number of rotatable bonds is 6. The second kappa shape index (κ2) is 9.54. The minimum absolute atomic E-state index is 0.169. The van der Waals surface area contributed by atoms with Crippen LogP contribution in [0.5, 0.6) is 0 Å². The van der Waals surface area contributed by atoms with E-state index >= 15 is 0 Å². The number of fused-ring (bicyclic) bond motifs is 1. The van der Waals surface area contributed by atoms with E-state index in [9.17, 15) is 22.8 Å². The summed E-state index contributed by atoms with van der Waals surface area (Å²) < 4.78 is 41.0. The largest absolute Gasteiger partial charge is 0.368 e. The van der Waals surface area contributed by atoms with Gasteiger partial charge in [-0.15, -0.1) is 0 Å². The lowest BCUT2D eigenvalue weighted by atomic mass is 10.1. The maximum absolute atomic E-state index is 14.0. The molecule has 0 bridgehead atoms. The van der Waals surface area contributed by atoms with Crippen LogP contribution in [0.15, 0.2) is 60.7 Å². The molecule has 3 aromatic rings. The van der Waals surface area contributed by atoms with Crippen LogP contribution in [0, 0.1) is 17.5 Å². The molecule has 5 nitrogen and oxygen atoms in total. The Morgan fingerprint density at radius 3 is 2.29 bits per heavy atom. The Kier molecular flexibility index (Phi) is 6.30. The van der Waals surface area contributed by atoms with E-state index in [0.717, 1.165) is 12.1 Å². The van der Waals surface area contributed by atoms with Gasteiger partial charge >= 0.3 is 0 Å². The van der Waals surface area contributed by atoms with Gasteiger partial charge in [-0.05, 0) is 54.4 Å². The monoisotopic (exact) mass is 479 g/mol. The molecule has 8 heteroatoms. The lowest BCUT2D eigenvalue weighted by Gasteiger charge is -2.36. The van der Waals surface area contributed by atoms with Crippen molar-refractivity contribution in [3.8, 4) is 0 Å². The van der Waals surface area contributed by atoms with Crippen molar-refractivity contribution in [1.82, 2.24) is 9.80 Å². The summed E-state index contributed by atoms with van der Waals surface area (Å²) in [6.07, 6.45) is 0.369. The molecule has 1 saturated heterocycles. The summed E-state index contributed by atoms with van der Waals surface area (Å²) in [4.78, 5) is 31.5. The van der Waals surface area contributed by atoms with Crippen LogP contribution in [0.4, 0.5) is 18.9 Å². The van der Waals surface area contributed by atoms with Gasteiger partial charge < -0.3 is 4.90 Å². The molecule has 0 unspecified atom stereocenters. The second-order valence-corrected chi connectivity index (χ2v) is 8.84. The molecule has 0 spiro atoms. The highest BCUT2D eigenvalue weighted by atomic mass is 19.1. The molecule has 5 rings (SSSR count). The fourth-order valence-corrected chi connectivity index (χ4v) is 4.77. The summed E-state index contributed by atoms with van der Waals surface area (Å²) >= 11 is 0. The van der Waals surface area contributed by atoms with Crippen LogP contribution in [0.3, 0.4) is 0 Å². The van der Waals surface area contributed by atoms with Gasteiger partial charge in [-0.25, -0.2) is 13.2 Å². The van der Waals surface area contributed by atoms with Gasteiger partial charge in [0.25, 0.3) is 11.8 Å². The quantitative estimate of drug-likeness (QED) is 0.496. The predicted octanol–water partition coefficient (Wildman–Crippen LogP) is 4.26. The van der Waals surface area contributed by atoms with Gasteiger partial charge in [0.15, 0.2) is 0 Å². The molecule has 0 aromatic heterocycles. The zero-order valence-corrected chi connectivity index (χ0v) is 19.0. The zero-order valence-electron chi connectivity index (χ0n) is 19.0. The van der Waals surface area contributed by atoms with Gasteiger partial charge in [-0.2, -0.15) is 0 Å². The third kappa shape index (κ3) is 4.66. The molecule has 180 valence electrons. The number of hydrogen-bond donors (Lipinski definition) is 0. The summed E-state index contributed by atoms with van der Waals surface area (Å²) in [5.41, 5.74) is 2.49. The average molecular weight is 480 g/mol. The lowest BCUT2D eigenvalue weighted by molar-refractivity contribution is 0.0656. The van der Waals surface area contributed by atoms with Crippen molar-refractivity contribution >= 4 is 17.5 Å². The topological polar surface area (TPSA) is 43.9 Å². The maximum Gasteiger partial charge on any atom is 0.263 e. The molecule has 0 radical (unpaired) electrons. The van der Waals surface area contributed by atoms with Crippen LogP contribution < -0.4 is 4.90 Å². The average Bonchev–Trinajstić information content (AvgIpc) is 3.10. The van der Waals surface area contributed by atoms with Crippen molar-refractivity contribution in [2.45, 2.75) is 13.0 Å². The first-order valence-corrected chi connectivity index (χ1v) is 11.6. The Morgan fingerprint density at radius 2 is 1.51 bits per heavy atom. The first-order valence-electron chi connectivity index (χ1n) is 11.6. The maximum atomic E-state index is 14.0. The number of hydrogen-bond acceptors (Lipinski definition) is 4. The zero-order chi connectivity index (χ0) is 24.5. The molecule has 2 aliphatic heterocycles. The third-order valence-electron chi connectivity index (χ3n) is 6.60. The minimum Gasteiger partial charge on any atom is -0.368 e. The van der Waals surface area contributed by atoms with Gasteiger partial charge in [-0.1, -0.05) is 18.2 Å². The van der Waals surface area contributed by atoms with E-state index in [1.807, 2.05) is 11.0 Å². The number of imide groups is 1. The van der Waals surface area contributed by atoms with Crippen LogP contribution in [-0.2, 0) is 13.0 Å². The van der Waals surface area contributed by atoms with Gasteiger partial charge in [0.05, 0.1) is 16.8 Å². The minimum atomic E-state index is -0.468. The predicted molar refractivity (Wildman–Crippen MR) is 126 cm³/mol. The number of carbonyl (C=O) groups is 2. The van der Waals surface area contributed by atoms with E-state index in [4.69, 9.17) is 0 Å². The van der Waals surface area contributed by atoms with Crippen molar-refractivity contribution in [3.63, 3.8) is 0 Å². The van der Waals surface area contributed by atoms with Crippen LogP contribution in [0.2, 0.25) is 0 Å². The van der Waals surface area contributed by atoms with Crippen LogP contribution in [0.25, 0.3) is 0 Å². The summed E-state index contributed by atoms with van der Waals surface area (Å²) in [6, 6.07) is 14.8. The Bertz CT molecular complexity index is 1290. The van der Waals surface area contributed by atoms with E-state index < -0.39 is 11.6 Å². The molecule has 0 saturated carbocycles. The first kappa shape index (κ1) is 23.1. The molecular formula is C27H24F3N3O2. The SMILES string of the molecule is O=C1c2cccc(N3CCN(Cc4cc(F)ccc4F)CC3)c2C(=O)N1CCc1cccc(F)c1. The molecule has 0 aliphatic carbocycles. The highest BCUT2D eigenvalue weighted by Crippen LogP contribution is 2.32. The number of amides is 2. The summed E-state index contributed by atoms with van der Waals surface area (Å²) in [6.45, 7) is 2.84. The number of nitrogens with zero attached hydrogens (tertiary/aromatic N) is 3. The molecule has 3 aromatic carbocycles. The first-order chi connectivity index (χ1) is 16.9. The standard InChI is InChI=1S/C27H24F3N3O2/c28-20-4-1-3-18(15-20)9-10-33-26(34)22-5-2-6-24(25(22)27(33)35)32-13-11-31(12-14-32)17-19-16-21(29)7-8-23(19)30/h1-8,15-16H,9-14,17H2.